The van der Waals surface area contributed by atoms with E-state index in [1.54, 1.807) is 41.0 Å². The van der Waals surface area contributed by atoms with Crippen molar-refractivity contribution in [3.63, 3.8) is 0 Å². The lowest BCUT2D eigenvalue weighted by Crippen LogP contribution is -2.42. The van der Waals surface area contributed by atoms with Crippen molar-refractivity contribution < 1.29 is 9.59 Å². The number of fused-ring (bicyclic) bond motifs is 1. The Hall–Kier alpha value is -2.91. The molecule has 0 saturated heterocycles. The Balaban J connectivity index is 1.37. The number of aromatic nitrogens is 2. The van der Waals surface area contributed by atoms with Gasteiger partial charge in [-0.25, -0.2) is 4.79 Å². The molecule has 5 rings (SSSR count). The summed E-state index contributed by atoms with van der Waals surface area (Å²) in [4.78, 5) is 52.3. The SMILES string of the molecule is CCn1c(=O)n(CC2CC2)c(=O)c2cc(C(=O)N[C@@H]3CCC[C@@H]3C(=O)Nc3ccc(Br)c(Cl)c3)ccc21. The highest BCUT2D eigenvalue weighted by molar-refractivity contribution is 9.10. The molecule has 0 bridgehead atoms. The number of halogens is 2. The lowest BCUT2D eigenvalue weighted by atomic mass is 10.0. The van der Waals surface area contributed by atoms with E-state index in [2.05, 4.69) is 26.6 Å². The fourth-order valence-electron chi connectivity index (χ4n) is 5.10. The summed E-state index contributed by atoms with van der Waals surface area (Å²) in [5.41, 5.74) is 0.768. The van der Waals surface area contributed by atoms with Gasteiger partial charge in [-0.3, -0.25) is 23.5 Å². The van der Waals surface area contributed by atoms with Gasteiger partial charge in [0.25, 0.3) is 11.5 Å². The van der Waals surface area contributed by atoms with Crippen LogP contribution in [0.2, 0.25) is 5.02 Å². The second kappa shape index (κ2) is 10.5. The quantitative estimate of drug-likeness (QED) is 0.424. The molecule has 2 amide bonds. The minimum atomic E-state index is -0.382. The second-order valence-corrected chi connectivity index (χ2v) is 11.1. The fraction of sp³-hybridized carbons (Fsp3) is 0.407. The van der Waals surface area contributed by atoms with Crippen molar-refractivity contribution in [2.45, 2.75) is 58.2 Å². The van der Waals surface area contributed by atoms with Crippen molar-refractivity contribution in [2.75, 3.05) is 5.32 Å². The smallest absolute Gasteiger partial charge is 0.331 e. The molecule has 2 aliphatic rings. The molecule has 2 saturated carbocycles. The van der Waals surface area contributed by atoms with Crippen LogP contribution in [0, 0.1) is 11.8 Å². The van der Waals surface area contributed by atoms with Gasteiger partial charge < -0.3 is 10.6 Å². The highest BCUT2D eigenvalue weighted by Gasteiger charge is 2.34. The van der Waals surface area contributed by atoms with Crippen molar-refractivity contribution >= 4 is 55.9 Å². The lowest BCUT2D eigenvalue weighted by molar-refractivity contribution is -0.120. The first-order valence-electron chi connectivity index (χ1n) is 12.6. The minimum absolute atomic E-state index is 0.172. The molecule has 1 aromatic heterocycles. The highest BCUT2D eigenvalue weighted by atomic mass is 79.9. The van der Waals surface area contributed by atoms with E-state index in [1.165, 1.54) is 4.57 Å². The lowest BCUT2D eigenvalue weighted by Gasteiger charge is -2.21. The third-order valence-corrected chi connectivity index (χ3v) is 8.53. The number of aryl methyl sites for hydroxylation is 1. The standard InChI is InChI=1S/C27H28BrClN4O4/c1-2-32-23-11-8-16(12-19(23)26(36)33(27(32)37)14-15-6-7-15)24(34)31-22-5-3-4-18(22)25(35)30-17-9-10-20(28)21(29)13-17/h8-13,15,18,22H,2-7,14H2,1H3,(H,30,35)(H,31,34)/t18-,22+/m0/s1. The Morgan fingerprint density at radius 2 is 1.84 bits per heavy atom. The molecule has 0 aliphatic heterocycles. The first-order valence-corrected chi connectivity index (χ1v) is 13.8. The Bertz CT molecular complexity index is 1510. The molecule has 0 spiro atoms. The molecular weight excluding hydrogens is 560 g/mol. The second-order valence-electron chi connectivity index (χ2n) is 9.85. The van der Waals surface area contributed by atoms with Gasteiger partial charge in [0, 0.05) is 34.9 Å². The summed E-state index contributed by atoms with van der Waals surface area (Å²) in [5, 5.41) is 6.75. The molecule has 0 radical (unpaired) electrons. The molecule has 2 N–H and O–H groups in total. The topological polar surface area (TPSA) is 102 Å². The molecule has 2 aromatic carbocycles. The third-order valence-electron chi connectivity index (χ3n) is 7.30. The number of benzene rings is 2. The van der Waals surface area contributed by atoms with Gasteiger partial charge in [-0.2, -0.15) is 0 Å². The van der Waals surface area contributed by atoms with Crippen LogP contribution in [-0.4, -0.2) is 27.0 Å². The summed E-state index contributed by atoms with van der Waals surface area (Å²) in [7, 11) is 0. The summed E-state index contributed by atoms with van der Waals surface area (Å²) < 4.78 is 3.62. The number of nitrogens with one attached hydrogen (secondary N) is 2. The predicted octanol–water partition coefficient (Wildman–Crippen LogP) is 4.55. The van der Waals surface area contributed by atoms with E-state index in [0.29, 0.717) is 59.0 Å². The van der Waals surface area contributed by atoms with Crippen LogP contribution in [0.5, 0.6) is 0 Å². The Kier molecular flexibility index (Phi) is 7.27. The summed E-state index contributed by atoms with van der Waals surface area (Å²) in [6, 6.07) is 9.73. The first-order chi connectivity index (χ1) is 17.8. The predicted molar refractivity (Wildman–Crippen MR) is 147 cm³/mol. The normalized spacial score (nSPS) is 19.2. The first kappa shape index (κ1) is 25.7. The van der Waals surface area contributed by atoms with E-state index in [1.807, 2.05) is 6.92 Å². The molecule has 2 atom stereocenters. The van der Waals surface area contributed by atoms with Crippen LogP contribution in [-0.2, 0) is 17.9 Å². The Labute approximate surface area is 227 Å². The zero-order valence-corrected chi connectivity index (χ0v) is 22.8. The van der Waals surface area contributed by atoms with Crippen molar-refractivity contribution in [3.8, 4) is 0 Å². The van der Waals surface area contributed by atoms with E-state index < -0.39 is 0 Å². The van der Waals surface area contributed by atoms with Gasteiger partial charge in [-0.05, 0) is 90.9 Å². The van der Waals surface area contributed by atoms with E-state index >= 15 is 0 Å². The Morgan fingerprint density at radius 3 is 2.54 bits per heavy atom. The zero-order chi connectivity index (χ0) is 26.3. The number of hydrogen-bond donors (Lipinski definition) is 2. The average molecular weight is 588 g/mol. The third kappa shape index (κ3) is 5.25. The molecule has 1 heterocycles. The maximum absolute atomic E-state index is 13.2. The van der Waals surface area contributed by atoms with Gasteiger partial charge in [0.1, 0.15) is 0 Å². The summed E-state index contributed by atoms with van der Waals surface area (Å²) in [5.74, 6) is -0.540. The number of rotatable bonds is 7. The van der Waals surface area contributed by atoms with E-state index in [4.69, 9.17) is 11.6 Å². The number of carbonyl (C=O) groups is 2. The van der Waals surface area contributed by atoms with Crippen LogP contribution in [0.1, 0.15) is 49.4 Å². The van der Waals surface area contributed by atoms with Gasteiger partial charge in [-0.1, -0.05) is 18.0 Å². The minimum Gasteiger partial charge on any atom is -0.349 e. The maximum Gasteiger partial charge on any atom is 0.331 e. The van der Waals surface area contributed by atoms with Gasteiger partial charge >= 0.3 is 5.69 Å². The van der Waals surface area contributed by atoms with Gasteiger partial charge in [0.15, 0.2) is 0 Å². The number of anilines is 1. The summed E-state index contributed by atoms with van der Waals surface area (Å²) in [6.45, 7) is 2.70. The number of hydrogen-bond acceptors (Lipinski definition) is 4. The summed E-state index contributed by atoms with van der Waals surface area (Å²) >= 11 is 9.48. The molecule has 2 fully saturated rings. The molecular formula is C27H28BrClN4O4. The largest absolute Gasteiger partial charge is 0.349 e. The van der Waals surface area contributed by atoms with E-state index in [-0.39, 0.29) is 35.0 Å². The summed E-state index contributed by atoms with van der Waals surface area (Å²) in [6.07, 6.45) is 4.19. The average Bonchev–Trinajstić information content (AvgIpc) is 3.59. The van der Waals surface area contributed by atoms with Gasteiger partial charge in [-0.15, -0.1) is 0 Å². The maximum atomic E-state index is 13.2. The number of amides is 2. The van der Waals surface area contributed by atoms with Crippen molar-refractivity contribution in [1.82, 2.24) is 14.5 Å². The number of carbonyl (C=O) groups excluding carboxylic acids is 2. The Morgan fingerprint density at radius 1 is 1.05 bits per heavy atom. The van der Waals surface area contributed by atoms with Crippen LogP contribution < -0.4 is 21.9 Å². The van der Waals surface area contributed by atoms with E-state index in [0.717, 1.165) is 23.7 Å². The molecule has 3 aromatic rings. The molecule has 194 valence electrons. The molecule has 2 aliphatic carbocycles. The van der Waals surface area contributed by atoms with Crippen LogP contribution >= 0.6 is 27.5 Å². The van der Waals surface area contributed by atoms with Crippen molar-refractivity contribution in [3.05, 3.63) is 72.3 Å². The van der Waals surface area contributed by atoms with Crippen LogP contribution in [0.4, 0.5) is 5.69 Å². The number of nitrogens with zero attached hydrogens (tertiary/aromatic N) is 2. The molecule has 8 nitrogen and oxygen atoms in total. The van der Waals surface area contributed by atoms with Crippen LogP contribution in [0.15, 0.2) is 50.5 Å². The van der Waals surface area contributed by atoms with Crippen LogP contribution in [0.25, 0.3) is 10.9 Å². The fourth-order valence-corrected chi connectivity index (χ4v) is 5.52. The van der Waals surface area contributed by atoms with Gasteiger partial charge in [0.2, 0.25) is 5.91 Å². The van der Waals surface area contributed by atoms with Gasteiger partial charge in [0.05, 0.1) is 21.8 Å². The van der Waals surface area contributed by atoms with Crippen LogP contribution in [0.3, 0.4) is 0 Å². The van der Waals surface area contributed by atoms with E-state index in [9.17, 15) is 19.2 Å². The van der Waals surface area contributed by atoms with Crippen molar-refractivity contribution in [1.29, 1.82) is 0 Å². The molecule has 0 unspecified atom stereocenters. The zero-order valence-electron chi connectivity index (χ0n) is 20.4. The monoisotopic (exact) mass is 586 g/mol. The molecule has 37 heavy (non-hydrogen) atoms. The highest BCUT2D eigenvalue weighted by Crippen LogP contribution is 2.31. The van der Waals surface area contributed by atoms with Crippen molar-refractivity contribution in [2.24, 2.45) is 11.8 Å². The molecule has 10 heteroatoms.